The molecule has 0 bridgehead atoms. The minimum atomic E-state index is 0. The van der Waals surface area contributed by atoms with E-state index in [1.165, 1.54) is 24.8 Å². The highest BCUT2D eigenvalue weighted by molar-refractivity contribution is 14.0. The van der Waals surface area contributed by atoms with Crippen molar-refractivity contribution < 1.29 is 0 Å². The number of nitrogens with two attached hydrogens (primary N) is 1. The van der Waals surface area contributed by atoms with Crippen molar-refractivity contribution >= 4 is 29.9 Å². The van der Waals surface area contributed by atoms with Gasteiger partial charge in [0, 0.05) is 6.54 Å². The number of halogens is 1. The minimum absolute atomic E-state index is 0. The van der Waals surface area contributed by atoms with Crippen LogP contribution in [0.3, 0.4) is 0 Å². The lowest BCUT2D eigenvalue weighted by atomic mass is 9.85. The molecule has 0 aliphatic heterocycles. The van der Waals surface area contributed by atoms with E-state index in [2.05, 4.69) is 59.4 Å². The fourth-order valence-electron chi connectivity index (χ4n) is 2.96. The molecule has 4 nitrogen and oxygen atoms in total. The Morgan fingerprint density at radius 3 is 2.43 bits per heavy atom. The van der Waals surface area contributed by atoms with Gasteiger partial charge in [-0.2, -0.15) is 0 Å². The summed E-state index contributed by atoms with van der Waals surface area (Å²) in [6.45, 7) is 8.09. The molecule has 0 amide bonds. The Morgan fingerprint density at radius 1 is 1.26 bits per heavy atom. The standard InChI is InChI=1S/C18H30N4.HI/c1-3-22(4-2)17(16-11-6-5-7-12-16)14-21-18(19)20-13-15-9-8-10-15;/h5-7,11-12,15,17H,3-4,8-10,13-14H2,1-2H3,(H3,19,20,21);1H. The van der Waals surface area contributed by atoms with Crippen molar-refractivity contribution in [1.82, 2.24) is 10.2 Å². The molecule has 3 N–H and O–H groups in total. The van der Waals surface area contributed by atoms with Crippen molar-refractivity contribution in [3.05, 3.63) is 35.9 Å². The third-order valence-corrected chi connectivity index (χ3v) is 4.67. The Kier molecular flexibility index (Phi) is 9.55. The molecule has 0 spiro atoms. The molecule has 0 saturated heterocycles. The molecule has 1 fully saturated rings. The van der Waals surface area contributed by atoms with Crippen LogP contribution in [0.1, 0.15) is 44.7 Å². The molecule has 5 heteroatoms. The third kappa shape index (κ3) is 6.30. The maximum Gasteiger partial charge on any atom is 0.188 e. The first-order chi connectivity index (χ1) is 10.7. The van der Waals surface area contributed by atoms with Crippen molar-refractivity contribution in [3.63, 3.8) is 0 Å². The molecular weight excluding hydrogens is 399 g/mol. The van der Waals surface area contributed by atoms with Gasteiger partial charge >= 0.3 is 0 Å². The zero-order valence-electron chi connectivity index (χ0n) is 14.4. The molecule has 130 valence electrons. The van der Waals surface area contributed by atoms with Gasteiger partial charge in [0.15, 0.2) is 5.96 Å². The van der Waals surface area contributed by atoms with Crippen LogP contribution in [0, 0.1) is 5.92 Å². The Hall–Kier alpha value is -0.820. The molecule has 1 aromatic rings. The number of nitrogens with zero attached hydrogens (tertiary/aromatic N) is 2. The molecule has 1 aliphatic carbocycles. The average Bonchev–Trinajstić information content (AvgIpc) is 2.50. The van der Waals surface area contributed by atoms with Crippen molar-refractivity contribution in [2.24, 2.45) is 16.6 Å². The molecule has 2 rings (SSSR count). The van der Waals surface area contributed by atoms with Gasteiger partial charge in [0.1, 0.15) is 0 Å². The number of hydrogen-bond donors (Lipinski definition) is 2. The number of hydrogen-bond acceptors (Lipinski definition) is 2. The summed E-state index contributed by atoms with van der Waals surface area (Å²) < 4.78 is 0. The Balaban J connectivity index is 0.00000264. The van der Waals surface area contributed by atoms with Crippen LogP contribution in [0.5, 0.6) is 0 Å². The van der Waals surface area contributed by atoms with Crippen LogP contribution in [0.4, 0.5) is 0 Å². The zero-order valence-corrected chi connectivity index (χ0v) is 16.7. The van der Waals surface area contributed by atoms with E-state index in [1.807, 2.05) is 0 Å². The highest BCUT2D eigenvalue weighted by atomic mass is 127. The Morgan fingerprint density at radius 2 is 1.91 bits per heavy atom. The van der Waals surface area contributed by atoms with Crippen molar-refractivity contribution in [2.75, 3.05) is 26.2 Å². The number of nitrogens with one attached hydrogen (secondary N) is 1. The van der Waals surface area contributed by atoms with Crippen molar-refractivity contribution in [3.8, 4) is 0 Å². The number of likely N-dealkylation sites (N-methyl/N-ethyl adjacent to an activating group) is 1. The normalized spacial score (nSPS) is 16.6. The number of guanidine groups is 1. The SMILES string of the molecule is CCN(CC)C(CN=C(N)NCC1CCC1)c1ccccc1.I. The number of benzene rings is 1. The van der Waals surface area contributed by atoms with E-state index in [0.29, 0.717) is 18.5 Å². The maximum atomic E-state index is 6.03. The Labute approximate surface area is 157 Å². The van der Waals surface area contributed by atoms with Gasteiger partial charge in [0.25, 0.3) is 0 Å². The largest absolute Gasteiger partial charge is 0.370 e. The fraction of sp³-hybridized carbons (Fsp3) is 0.611. The summed E-state index contributed by atoms with van der Waals surface area (Å²) in [7, 11) is 0. The third-order valence-electron chi connectivity index (χ3n) is 4.67. The molecule has 0 aromatic heterocycles. The van der Waals surface area contributed by atoms with E-state index in [-0.39, 0.29) is 24.0 Å². The second-order valence-corrected chi connectivity index (χ2v) is 6.05. The highest BCUT2D eigenvalue weighted by Crippen LogP contribution is 2.25. The van der Waals surface area contributed by atoms with Crippen molar-refractivity contribution in [2.45, 2.75) is 39.2 Å². The monoisotopic (exact) mass is 430 g/mol. The summed E-state index contributed by atoms with van der Waals surface area (Å²) in [4.78, 5) is 7.02. The topological polar surface area (TPSA) is 53.6 Å². The molecule has 1 saturated carbocycles. The van der Waals surface area contributed by atoms with Crippen molar-refractivity contribution in [1.29, 1.82) is 0 Å². The van der Waals surface area contributed by atoms with E-state index in [0.717, 1.165) is 25.6 Å². The second kappa shape index (κ2) is 10.9. The lowest BCUT2D eigenvalue weighted by Crippen LogP contribution is -2.38. The van der Waals surface area contributed by atoms with Gasteiger partial charge < -0.3 is 11.1 Å². The molecular formula is C18H31IN4. The molecule has 1 atom stereocenters. The quantitative estimate of drug-likeness (QED) is 0.378. The van der Waals surface area contributed by atoms with Crippen LogP contribution in [-0.2, 0) is 0 Å². The van der Waals surface area contributed by atoms with Crippen LogP contribution in [0.2, 0.25) is 0 Å². The summed E-state index contributed by atoms with van der Waals surface area (Å²) >= 11 is 0. The minimum Gasteiger partial charge on any atom is -0.370 e. The second-order valence-electron chi connectivity index (χ2n) is 6.05. The van der Waals surface area contributed by atoms with Crippen LogP contribution in [0.25, 0.3) is 0 Å². The van der Waals surface area contributed by atoms with E-state index < -0.39 is 0 Å². The zero-order chi connectivity index (χ0) is 15.8. The summed E-state index contributed by atoms with van der Waals surface area (Å²) in [6, 6.07) is 10.9. The van der Waals surface area contributed by atoms with Gasteiger partial charge in [-0.05, 0) is 37.4 Å². The molecule has 1 aromatic carbocycles. The number of aliphatic imine (C=N–C) groups is 1. The maximum absolute atomic E-state index is 6.03. The van der Waals surface area contributed by atoms with Gasteiger partial charge in [-0.3, -0.25) is 9.89 Å². The predicted molar refractivity (Wildman–Crippen MR) is 109 cm³/mol. The lowest BCUT2D eigenvalue weighted by molar-refractivity contribution is 0.224. The molecule has 1 unspecified atom stereocenters. The van der Waals surface area contributed by atoms with E-state index in [4.69, 9.17) is 5.73 Å². The van der Waals surface area contributed by atoms with Gasteiger partial charge in [0.05, 0.1) is 12.6 Å². The van der Waals surface area contributed by atoms with Crippen LogP contribution in [-0.4, -0.2) is 37.0 Å². The first kappa shape index (κ1) is 20.2. The van der Waals surface area contributed by atoms with E-state index in [9.17, 15) is 0 Å². The van der Waals surface area contributed by atoms with Gasteiger partial charge in [-0.1, -0.05) is 50.6 Å². The first-order valence-electron chi connectivity index (χ1n) is 8.57. The lowest BCUT2D eigenvalue weighted by Gasteiger charge is -2.29. The molecule has 23 heavy (non-hydrogen) atoms. The molecule has 0 radical (unpaired) electrons. The van der Waals surface area contributed by atoms with Gasteiger partial charge in [-0.15, -0.1) is 24.0 Å². The number of rotatable bonds is 8. The van der Waals surface area contributed by atoms with Gasteiger partial charge in [-0.25, -0.2) is 0 Å². The fourth-order valence-corrected chi connectivity index (χ4v) is 2.96. The van der Waals surface area contributed by atoms with Crippen LogP contribution < -0.4 is 11.1 Å². The summed E-state index contributed by atoms with van der Waals surface area (Å²) in [5, 5.41) is 3.28. The summed E-state index contributed by atoms with van der Waals surface area (Å²) in [5.41, 5.74) is 7.34. The van der Waals surface area contributed by atoms with Crippen LogP contribution >= 0.6 is 24.0 Å². The summed E-state index contributed by atoms with van der Waals surface area (Å²) in [5.74, 6) is 1.38. The van der Waals surface area contributed by atoms with Crippen LogP contribution in [0.15, 0.2) is 35.3 Å². The van der Waals surface area contributed by atoms with E-state index in [1.54, 1.807) is 0 Å². The smallest absolute Gasteiger partial charge is 0.188 e. The molecule has 1 aliphatic rings. The highest BCUT2D eigenvalue weighted by Gasteiger charge is 2.18. The average molecular weight is 430 g/mol. The molecule has 0 heterocycles. The first-order valence-corrected chi connectivity index (χ1v) is 8.57. The van der Waals surface area contributed by atoms with Gasteiger partial charge in [0.2, 0.25) is 0 Å². The predicted octanol–water partition coefficient (Wildman–Crippen LogP) is 3.39. The Bertz CT molecular complexity index is 455. The summed E-state index contributed by atoms with van der Waals surface area (Å²) in [6.07, 6.45) is 4.01. The van der Waals surface area contributed by atoms with E-state index >= 15 is 0 Å².